The molecule has 0 radical (unpaired) electrons. The van der Waals surface area contributed by atoms with Gasteiger partial charge in [-0.25, -0.2) is 0 Å². The molecule has 2 heterocycles. The molecule has 0 bridgehead atoms. The first-order valence-corrected chi connectivity index (χ1v) is 5.86. The summed E-state index contributed by atoms with van der Waals surface area (Å²) in [6, 6.07) is 4.71. The second kappa shape index (κ2) is 5.33. The van der Waals surface area contributed by atoms with E-state index in [1.54, 1.807) is 6.26 Å². The summed E-state index contributed by atoms with van der Waals surface area (Å²) in [6.07, 6.45) is 4.23. The highest BCUT2D eigenvalue weighted by molar-refractivity contribution is 4.98. The molecule has 0 aromatic carbocycles. The molecule has 84 valence electrons. The molecular weight excluding hydrogens is 188 g/mol. The van der Waals surface area contributed by atoms with Gasteiger partial charge in [0.2, 0.25) is 0 Å². The van der Waals surface area contributed by atoms with Crippen molar-refractivity contribution in [2.45, 2.75) is 32.4 Å². The van der Waals surface area contributed by atoms with E-state index in [-0.39, 0.29) is 0 Å². The minimum absolute atomic E-state index is 0.701. The Hall–Kier alpha value is -0.800. The van der Waals surface area contributed by atoms with Crippen LogP contribution in [0, 0.1) is 0 Å². The van der Waals surface area contributed by atoms with Crippen LogP contribution in [0.2, 0.25) is 0 Å². The standard InChI is InChI=1S/C12H20N2O/c1-2-11-5-7-14(8-6-13-11)10-12-4-3-9-15-12/h3-4,9,11,13H,2,5-8,10H2,1H3. The molecule has 1 unspecified atom stereocenters. The summed E-state index contributed by atoms with van der Waals surface area (Å²) in [5, 5.41) is 3.57. The van der Waals surface area contributed by atoms with Gasteiger partial charge in [-0.2, -0.15) is 0 Å². The van der Waals surface area contributed by atoms with E-state index < -0.39 is 0 Å². The van der Waals surface area contributed by atoms with Crippen molar-refractivity contribution in [2.75, 3.05) is 19.6 Å². The Morgan fingerprint density at radius 2 is 2.47 bits per heavy atom. The van der Waals surface area contributed by atoms with Crippen molar-refractivity contribution in [3.63, 3.8) is 0 Å². The Balaban J connectivity index is 1.83. The number of hydrogen-bond acceptors (Lipinski definition) is 3. The first-order chi connectivity index (χ1) is 7.38. The third-order valence-corrected chi connectivity index (χ3v) is 3.11. The molecule has 0 amide bonds. The Morgan fingerprint density at radius 1 is 1.53 bits per heavy atom. The fourth-order valence-electron chi connectivity index (χ4n) is 2.11. The van der Waals surface area contributed by atoms with Gasteiger partial charge in [0.1, 0.15) is 5.76 Å². The van der Waals surface area contributed by atoms with E-state index in [0.29, 0.717) is 6.04 Å². The van der Waals surface area contributed by atoms with E-state index in [1.165, 1.54) is 19.4 Å². The Kier molecular flexibility index (Phi) is 3.80. The first kappa shape index (κ1) is 10.7. The number of nitrogens with zero attached hydrogens (tertiary/aromatic N) is 1. The average molecular weight is 208 g/mol. The highest BCUT2D eigenvalue weighted by atomic mass is 16.3. The van der Waals surface area contributed by atoms with E-state index in [2.05, 4.69) is 23.2 Å². The van der Waals surface area contributed by atoms with Crippen LogP contribution in [0.15, 0.2) is 22.8 Å². The van der Waals surface area contributed by atoms with Crippen molar-refractivity contribution in [3.05, 3.63) is 24.2 Å². The lowest BCUT2D eigenvalue weighted by Gasteiger charge is -2.17. The third kappa shape index (κ3) is 3.08. The molecule has 1 aromatic heterocycles. The maximum absolute atomic E-state index is 5.37. The van der Waals surface area contributed by atoms with Crippen LogP contribution in [-0.4, -0.2) is 30.6 Å². The van der Waals surface area contributed by atoms with Gasteiger partial charge in [0.05, 0.1) is 12.8 Å². The summed E-state index contributed by atoms with van der Waals surface area (Å²) in [5.74, 6) is 1.07. The van der Waals surface area contributed by atoms with Crippen molar-refractivity contribution >= 4 is 0 Å². The zero-order valence-corrected chi connectivity index (χ0v) is 9.41. The lowest BCUT2D eigenvalue weighted by molar-refractivity contribution is 0.257. The van der Waals surface area contributed by atoms with Gasteiger partial charge in [-0.1, -0.05) is 6.92 Å². The first-order valence-electron chi connectivity index (χ1n) is 5.86. The topological polar surface area (TPSA) is 28.4 Å². The van der Waals surface area contributed by atoms with Gasteiger partial charge < -0.3 is 9.73 Å². The Morgan fingerprint density at radius 3 is 3.20 bits per heavy atom. The fraction of sp³-hybridized carbons (Fsp3) is 0.667. The predicted molar refractivity (Wildman–Crippen MR) is 60.7 cm³/mol. The molecule has 1 atom stereocenters. The maximum atomic E-state index is 5.37. The van der Waals surface area contributed by atoms with Gasteiger partial charge >= 0.3 is 0 Å². The highest BCUT2D eigenvalue weighted by Gasteiger charge is 2.15. The molecule has 0 spiro atoms. The number of hydrogen-bond donors (Lipinski definition) is 1. The van der Waals surface area contributed by atoms with Crippen LogP contribution in [0.3, 0.4) is 0 Å². The summed E-state index contributed by atoms with van der Waals surface area (Å²) < 4.78 is 5.37. The van der Waals surface area contributed by atoms with E-state index in [4.69, 9.17) is 4.42 Å². The largest absolute Gasteiger partial charge is 0.468 e. The minimum atomic E-state index is 0.701. The quantitative estimate of drug-likeness (QED) is 0.821. The number of nitrogens with one attached hydrogen (secondary N) is 1. The van der Waals surface area contributed by atoms with Crippen molar-refractivity contribution in [3.8, 4) is 0 Å². The van der Waals surface area contributed by atoms with Crippen LogP contribution in [0.25, 0.3) is 0 Å². The summed E-state index contributed by atoms with van der Waals surface area (Å²) in [5.41, 5.74) is 0. The zero-order valence-electron chi connectivity index (χ0n) is 9.41. The third-order valence-electron chi connectivity index (χ3n) is 3.11. The molecule has 3 heteroatoms. The smallest absolute Gasteiger partial charge is 0.117 e. The summed E-state index contributed by atoms with van der Waals surface area (Å²) in [4.78, 5) is 2.46. The molecule has 2 rings (SSSR count). The molecule has 1 aromatic rings. The van der Waals surface area contributed by atoms with Crippen LogP contribution < -0.4 is 5.32 Å². The molecule has 0 aliphatic carbocycles. The lowest BCUT2D eigenvalue weighted by Crippen LogP contribution is -2.29. The number of rotatable bonds is 3. The molecule has 3 nitrogen and oxygen atoms in total. The maximum Gasteiger partial charge on any atom is 0.117 e. The minimum Gasteiger partial charge on any atom is -0.468 e. The Labute approximate surface area is 91.4 Å². The lowest BCUT2D eigenvalue weighted by atomic mass is 10.1. The van der Waals surface area contributed by atoms with Crippen molar-refractivity contribution in [1.29, 1.82) is 0 Å². The SMILES string of the molecule is CCC1CCN(Cc2ccco2)CCN1. The molecule has 1 saturated heterocycles. The molecule has 1 aliphatic heterocycles. The monoisotopic (exact) mass is 208 g/mol. The molecular formula is C12H20N2O. The van der Waals surface area contributed by atoms with Gasteiger partial charge in [0.25, 0.3) is 0 Å². The highest BCUT2D eigenvalue weighted by Crippen LogP contribution is 2.09. The van der Waals surface area contributed by atoms with E-state index in [9.17, 15) is 0 Å². The molecule has 1 fully saturated rings. The van der Waals surface area contributed by atoms with Gasteiger partial charge in [0.15, 0.2) is 0 Å². The van der Waals surface area contributed by atoms with Crippen LogP contribution >= 0.6 is 0 Å². The van der Waals surface area contributed by atoms with Crippen LogP contribution in [0.5, 0.6) is 0 Å². The van der Waals surface area contributed by atoms with Gasteiger partial charge in [-0.05, 0) is 25.0 Å². The van der Waals surface area contributed by atoms with Gasteiger partial charge in [-0.15, -0.1) is 0 Å². The molecule has 1 N–H and O–H groups in total. The van der Waals surface area contributed by atoms with Crippen molar-refractivity contribution in [1.82, 2.24) is 10.2 Å². The molecule has 15 heavy (non-hydrogen) atoms. The fourth-order valence-corrected chi connectivity index (χ4v) is 2.11. The van der Waals surface area contributed by atoms with Crippen LogP contribution in [0.4, 0.5) is 0 Å². The number of furan rings is 1. The van der Waals surface area contributed by atoms with E-state index in [0.717, 1.165) is 25.4 Å². The van der Waals surface area contributed by atoms with Crippen molar-refractivity contribution in [2.24, 2.45) is 0 Å². The van der Waals surface area contributed by atoms with E-state index >= 15 is 0 Å². The zero-order chi connectivity index (χ0) is 10.5. The summed E-state index contributed by atoms with van der Waals surface area (Å²) in [7, 11) is 0. The van der Waals surface area contributed by atoms with Crippen molar-refractivity contribution < 1.29 is 4.42 Å². The van der Waals surface area contributed by atoms with Gasteiger partial charge in [0, 0.05) is 25.7 Å². The summed E-state index contributed by atoms with van der Waals surface area (Å²) in [6.45, 7) is 6.59. The second-order valence-corrected chi connectivity index (χ2v) is 4.20. The van der Waals surface area contributed by atoms with Crippen LogP contribution in [-0.2, 0) is 6.54 Å². The normalized spacial score (nSPS) is 23.9. The van der Waals surface area contributed by atoms with Crippen LogP contribution in [0.1, 0.15) is 25.5 Å². The van der Waals surface area contributed by atoms with E-state index in [1.807, 2.05) is 6.07 Å². The predicted octanol–water partition coefficient (Wildman–Crippen LogP) is 1.85. The van der Waals surface area contributed by atoms with Gasteiger partial charge in [-0.3, -0.25) is 4.90 Å². The second-order valence-electron chi connectivity index (χ2n) is 4.20. The Bertz CT molecular complexity index is 271. The average Bonchev–Trinajstić information content (AvgIpc) is 2.64. The molecule has 0 saturated carbocycles. The molecule has 1 aliphatic rings. The summed E-state index contributed by atoms with van der Waals surface area (Å²) >= 11 is 0.